The number of phenolic OH excluding ortho intramolecular Hbond substituents is 2. The number of phenols is 2. The van der Waals surface area contributed by atoms with Crippen LogP contribution in [0.2, 0.25) is 0 Å². The van der Waals surface area contributed by atoms with Crippen LogP contribution in [-0.2, 0) is 14.9 Å². The number of aromatic hydroxyl groups is 2. The van der Waals surface area contributed by atoms with Gasteiger partial charge in [0.2, 0.25) is 0 Å². The smallest absolute Gasteiger partial charge is 0.330 e. The molecule has 3 saturated carbocycles. The molecule has 0 heterocycles. The number of ether oxygens (including phenoxy) is 1. The van der Waals surface area contributed by atoms with Crippen molar-refractivity contribution < 1.29 is 29.6 Å². The van der Waals surface area contributed by atoms with Crippen LogP contribution in [0.15, 0.2) is 17.7 Å². The van der Waals surface area contributed by atoms with E-state index in [1.165, 1.54) is 12.7 Å². The molecule has 0 bridgehead atoms. The zero-order valence-electron chi connectivity index (χ0n) is 26.1. The third-order valence-corrected chi connectivity index (χ3v) is 12.9. The highest BCUT2D eigenvalue weighted by Gasteiger charge is 2.66. The number of benzene rings is 1. The summed E-state index contributed by atoms with van der Waals surface area (Å²) in [6, 6.07) is 0.175. The molecule has 3 fully saturated rings. The maximum Gasteiger partial charge on any atom is 0.330 e. The van der Waals surface area contributed by atoms with E-state index < -0.39 is 30.2 Å². The second-order valence-electron chi connectivity index (χ2n) is 14.8. The number of hydrogen-bond acceptors (Lipinski definition) is 7. The second-order valence-corrected chi connectivity index (χ2v) is 15.3. The fourth-order valence-corrected chi connectivity index (χ4v) is 10.1. The lowest BCUT2D eigenvalue weighted by Gasteiger charge is -2.70. The number of rotatable bonds is 4. The van der Waals surface area contributed by atoms with Crippen LogP contribution in [0.5, 0.6) is 11.5 Å². The average molecular weight is 601 g/mol. The van der Waals surface area contributed by atoms with E-state index in [-0.39, 0.29) is 38.4 Å². The van der Waals surface area contributed by atoms with Crippen molar-refractivity contribution in [3.8, 4) is 11.5 Å². The minimum atomic E-state index is -1.11. The fourth-order valence-electron chi connectivity index (χ4n) is 9.61. The van der Waals surface area contributed by atoms with Gasteiger partial charge < -0.3 is 30.7 Å². The molecule has 0 radical (unpaired) electrons. The SMILES string of the molecule is COC(=O)[C@H](CO)NC(=O)N[C@]1(C)CC[C@]2(C)CC[C@]3(C)C4=C[C@@H](S)c5c(cc(O)c(O)c5C)[C@]4(C)CC[C@@]3(C)[C@@H]2C1. The Morgan fingerprint density at radius 2 is 1.74 bits per heavy atom. The quantitative estimate of drug-likeness (QED) is 0.116. The first-order valence-electron chi connectivity index (χ1n) is 15.2. The molecule has 0 unspecified atom stereocenters. The van der Waals surface area contributed by atoms with Crippen molar-refractivity contribution in [2.24, 2.45) is 22.2 Å². The van der Waals surface area contributed by atoms with Crippen molar-refractivity contribution in [2.75, 3.05) is 13.7 Å². The van der Waals surface area contributed by atoms with Crippen molar-refractivity contribution in [1.29, 1.82) is 0 Å². The van der Waals surface area contributed by atoms with E-state index in [2.05, 4.69) is 51.3 Å². The Bertz CT molecular complexity index is 1350. The molecule has 232 valence electrons. The molecule has 1 aromatic carbocycles. The Hall–Kier alpha value is -2.39. The predicted octanol–water partition coefficient (Wildman–Crippen LogP) is 5.57. The van der Waals surface area contributed by atoms with Crippen molar-refractivity contribution >= 4 is 24.6 Å². The van der Waals surface area contributed by atoms with Gasteiger partial charge in [0.1, 0.15) is 0 Å². The molecular formula is C33H48N2O6S. The van der Waals surface area contributed by atoms with Gasteiger partial charge in [-0.25, -0.2) is 9.59 Å². The summed E-state index contributed by atoms with van der Waals surface area (Å²) in [5, 5.41) is 36.3. The zero-order valence-corrected chi connectivity index (χ0v) is 27.0. The van der Waals surface area contributed by atoms with Crippen molar-refractivity contribution in [3.05, 3.63) is 34.4 Å². The van der Waals surface area contributed by atoms with Gasteiger partial charge in [0.05, 0.1) is 13.7 Å². The number of allylic oxidation sites excluding steroid dienone is 1. The summed E-state index contributed by atoms with van der Waals surface area (Å²) in [6.07, 6.45) is 8.99. The number of fused-ring (bicyclic) bond motifs is 7. The molecule has 0 aliphatic heterocycles. The molecule has 0 spiro atoms. The first kappa shape index (κ1) is 31.0. The lowest BCUT2D eigenvalue weighted by molar-refractivity contribution is -0.150. The Morgan fingerprint density at radius 1 is 1.07 bits per heavy atom. The zero-order chi connectivity index (χ0) is 31.0. The number of amides is 2. The molecule has 0 saturated heterocycles. The monoisotopic (exact) mass is 600 g/mol. The molecule has 9 heteroatoms. The molecule has 4 aliphatic carbocycles. The lowest BCUT2D eigenvalue weighted by atomic mass is 9.35. The van der Waals surface area contributed by atoms with Gasteiger partial charge in [0.25, 0.3) is 0 Å². The Balaban J connectivity index is 1.49. The van der Waals surface area contributed by atoms with Gasteiger partial charge in [-0.2, -0.15) is 12.6 Å². The number of carbonyl (C=O) groups is 2. The molecule has 0 aromatic heterocycles. The standard InChI is InChI=1S/C33H48N2O6S/c1-18-25-19(14-21(37)26(18)38)31(4)11-13-33(6)24-16-30(3,35-28(40)34-20(17-36)27(39)41-7)10-8-29(24,2)9-12-32(33,5)23(31)15-22(25)42/h14-15,20,22,24,36-38,42H,8-13,16-17H2,1-7H3,(H2,34,35,40)/t20-,22+,24+,29+,30+,31-,32+,33-/m0/s1. The summed E-state index contributed by atoms with van der Waals surface area (Å²) in [5.74, 6) is -0.494. The molecule has 5 N–H and O–H groups in total. The Kier molecular flexibility index (Phi) is 7.45. The highest BCUT2D eigenvalue weighted by atomic mass is 32.1. The number of nitrogens with one attached hydrogen (secondary N) is 2. The molecule has 2 amide bonds. The molecule has 4 aliphatic rings. The molecule has 1 aromatic rings. The third-order valence-electron chi connectivity index (χ3n) is 12.5. The van der Waals surface area contributed by atoms with Crippen molar-refractivity contribution in [3.63, 3.8) is 0 Å². The van der Waals surface area contributed by atoms with Crippen LogP contribution in [0.1, 0.15) is 102 Å². The van der Waals surface area contributed by atoms with E-state index in [9.17, 15) is 24.9 Å². The first-order chi connectivity index (χ1) is 19.5. The summed E-state index contributed by atoms with van der Waals surface area (Å²) in [6.45, 7) is 13.0. The summed E-state index contributed by atoms with van der Waals surface area (Å²) in [4.78, 5) is 25.0. The van der Waals surface area contributed by atoms with Crippen molar-refractivity contribution in [1.82, 2.24) is 10.6 Å². The number of aliphatic hydroxyl groups excluding tert-OH is 1. The number of carbonyl (C=O) groups excluding carboxylic acids is 2. The van der Waals surface area contributed by atoms with Gasteiger partial charge in [-0.3, -0.25) is 0 Å². The van der Waals surface area contributed by atoms with E-state index in [0.29, 0.717) is 11.5 Å². The first-order valence-corrected chi connectivity index (χ1v) is 15.7. The molecule has 8 nitrogen and oxygen atoms in total. The van der Waals surface area contributed by atoms with Crippen molar-refractivity contribution in [2.45, 2.75) is 109 Å². The largest absolute Gasteiger partial charge is 0.504 e. The van der Waals surface area contributed by atoms with E-state index in [1.54, 1.807) is 6.07 Å². The van der Waals surface area contributed by atoms with Gasteiger partial charge in [-0.05, 0) is 104 Å². The minimum Gasteiger partial charge on any atom is -0.504 e. The van der Waals surface area contributed by atoms with E-state index in [4.69, 9.17) is 17.4 Å². The lowest BCUT2D eigenvalue weighted by Crippen LogP contribution is -2.65. The number of hydrogen-bond donors (Lipinski definition) is 6. The topological polar surface area (TPSA) is 128 Å². The number of esters is 1. The van der Waals surface area contributed by atoms with Crippen LogP contribution in [-0.4, -0.2) is 52.6 Å². The van der Waals surface area contributed by atoms with Crippen LogP contribution in [0.3, 0.4) is 0 Å². The highest BCUT2D eigenvalue weighted by Crippen LogP contribution is 2.74. The Morgan fingerprint density at radius 3 is 2.38 bits per heavy atom. The van der Waals surface area contributed by atoms with Gasteiger partial charge in [-0.15, -0.1) is 0 Å². The second kappa shape index (κ2) is 10.1. The molecule has 42 heavy (non-hydrogen) atoms. The summed E-state index contributed by atoms with van der Waals surface area (Å²) < 4.78 is 4.71. The van der Waals surface area contributed by atoms with Crippen LogP contribution in [0.4, 0.5) is 4.79 Å². The number of methoxy groups -OCH3 is 1. The Labute approximate surface area is 255 Å². The van der Waals surface area contributed by atoms with Crippen LogP contribution < -0.4 is 10.6 Å². The van der Waals surface area contributed by atoms with Gasteiger partial charge in [0.15, 0.2) is 17.5 Å². The van der Waals surface area contributed by atoms with Crippen LogP contribution in [0, 0.1) is 29.1 Å². The minimum absolute atomic E-state index is 0.0517. The van der Waals surface area contributed by atoms with Crippen LogP contribution >= 0.6 is 12.6 Å². The molecule has 8 atom stereocenters. The maximum absolute atomic E-state index is 13.0. The maximum atomic E-state index is 13.0. The normalized spacial score (nSPS) is 39.4. The predicted molar refractivity (Wildman–Crippen MR) is 165 cm³/mol. The number of urea groups is 1. The van der Waals surface area contributed by atoms with Gasteiger partial charge in [0, 0.05) is 16.2 Å². The molecule has 5 rings (SSSR count). The average Bonchev–Trinajstić information content (AvgIpc) is 2.93. The van der Waals surface area contributed by atoms with E-state index >= 15 is 0 Å². The van der Waals surface area contributed by atoms with E-state index in [1.807, 2.05) is 6.92 Å². The highest BCUT2D eigenvalue weighted by molar-refractivity contribution is 7.80. The number of aliphatic hydroxyl groups is 1. The summed E-state index contributed by atoms with van der Waals surface area (Å²) in [7, 11) is 1.23. The third kappa shape index (κ3) is 4.35. The number of thiol groups is 1. The van der Waals surface area contributed by atoms with E-state index in [0.717, 1.165) is 56.1 Å². The summed E-state index contributed by atoms with van der Waals surface area (Å²) >= 11 is 5.02. The fraction of sp³-hybridized carbons (Fsp3) is 0.697. The molecular weight excluding hydrogens is 552 g/mol. The summed E-state index contributed by atoms with van der Waals surface area (Å²) in [5.41, 5.74) is 3.34. The van der Waals surface area contributed by atoms with Gasteiger partial charge >= 0.3 is 12.0 Å². The van der Waals surface area contributed by atoms with Crippen LogP contribution in [0.25, 0.3) is 0 Å². The van der Waals surface area contributed by atoms with Gasteiger partial charge in [-0.1, -0.05) is 39.3 Å².